The molecule has 0 spiro atoms. The Morgan fingerprint density at radius 1 is 1.24 bits per heavy atom. The number of benzene rings is 1. The van der Waals surface area contributed by atoms with Crippen LogP contribution in [0.4, 0.5) is 18.9 Å². The molecule has 0 saturated carbocycles. The lowest BCUT2D eigenvalue weighted by Gasteiger charge is -2.12. The molecule has 0 bridgehead atoms. The van der Waals surface area contributed by atoms with Gasteiger partial charge in [0.1, 0.15) is 6.54 Å². The normalized spacial score (nSPS) is 11.8. The van der Waals surface area contributed by atoms with Crippen molar-refractivity contribution >= 4 is 22.4 Å². The molecular formula is C18H15F3N4O4. The zero-order valence-corrected chi connectivity index (χ0v) is 15.4. The number of rotatable bonds is 5. The molecule has 0 radical (unpaired) electrons. The molecule has 3 rings (SSSR count). The van der Waals surface area contributed by atoms with Gasteiger partial charge in [0.15, 0.2) is 5.78 Å². The summed E-state index contributed by atoms with van der Waals surface area (Å²) >= 11 is 0. The van der Waals surface area contributed by atoms with Gasteiger partial charge in [-0.3, -0.25) is 24.3 Å². The summed E-state index contributed by atoms with van der Waals surface area (Å²) in [5.74, 6) is -0.545. The SMILES string of the molecule is Cc1cc(C(=O)Cn2cnc3cc([N+](=O)[O-])ccc3c2=O)c(C)n1CC(F)(F)F. The fourth-order valence-electron chi connectivity index (χ4n) is 3.12. The van der Waals surface area contributed by atoms with Gasteiger partial charge in [-0.25, -0.2) is 4.98 Å². The number of Topliss-reactive ketones (excluding diaryl/α,β-unsaturated/α-hetero) is 1. The molecule has 0 fully saturated rings. The predicted octanol–water partition coefficient (Wildman–Crippen LogP) is 3.17. The van der Waals surface area contributed by atoms with Crippen molar-refractivity contribution in [2.24, 2.45) is 0 Å². The summed E-state index contributed by atoms with van der Waals surface area (Å²) < 4.78 is 40.2. The van der Waals surface area contributed by atoms with Crippen LogP contribution in [0.3, 0.4) is 0 Å². The number of carbonyl (C=O) groups excluding carboxylic acids is 1. The Balaban J connectivity index is 1.93. The average molecular weight is 408 g/mol. The van der Waals surface area contributed by atoms with Crippen LogP contribution in [0.1, 0.15) is 21.7 Å². The van der Waals surface area contributed by atoms with Crippen LogP contribution in [0.5, 0.6) is 0 Å². The highest BCUT2D eigenvalue weighted by Gasteiger charge is 2.30. The van der Waals surface area contributed by atoms with Crippen molar-refractivity contribution in [2.75, 3.05) is 0 Å². The first kappa shape index (κ1) is 20.2. The molecule has 11 heteroatoms. The van der Waals surface area contributed by atoms with Crippen molar-refractivity contribution in [3.8, 4) is 0 Å². The molecule has 0 N–H and O–H groups in total. The number of ketones is 1. The van der Waals surface area contributed by atoms with Crippen LogP contribution in [0, 0.1) is 24.0 Å². The van der Waals surface area contributed by atoms with Crippen LogP contribution in [-0.4, -0.2) is 31.0 Å². The number of aryl methyl sites for hydroxylation is 1. The summed E-state index contributed by atoms with van der Waals surface area (Å²) in [5, 5.41) is 10.9. The van der Waals surface area contributed by atoms with E-state index in [2.05, 4.69) is 4.98 Å². The third-order valence-corrected chi connectivity index (χ3v) is 4.55. The number of aromatic nitrogens is 3. The van der Waals surface area contributed by atoms with Crippen LogP contribution < -0.4 is 5.56 Å². The van der Waals surface area contributed by atoms with Crippen molar-refractivity contribution in [3.05, 3.63) is 68.0 Å². The summed E-state index contributed by atoms with van der Waals surface area (Å²) in [6.07, 6.45) is -3.35. The number of carbonyl (C=O) groups is 1. The molecule has 29 heavy (non-hydrogen) atoms. The predicted molar refractivity (Wildman–Crippen MR) is 96.9 cm³/mol. The van der Waals surface area contributed by atoms with Crippen molar-refractivity contribution in [2.45, 2.75) is 33.1 Å². The summed E-state index contributed by atoms with van der Waals surface area (Å²) in [6, 6.07) is 4.90. The van der Waals surface area contributed by atoms with Gasteiger partial charge in [-0.15, -0.1) is 0 Å². The fourth-order valence-corrected chi connectivity index (χ4v) is 3.12. The van der Waals surface area contributed by atoms with E-state index in [9.17, 15) is 32.9 Å². The third kappa shape index (κ3) is 4.03. The second-order valence-electron chi connectivity index (χ2n) is 6.55. The Kier molecular flexibility index (Phi) is 4.99. The highest BCUT2D eigenvalue weighted by Crippen LogP contribution is 2.23. The number of hydrogen-bond donors (Lipinski definition) is 0. The summed E-state index contributed by atoms with van der Waals surface area (Å²) in [7, 11) is 0. The van der Waals surface area contributed by atoms with E-state index in [1.165, 1.54) is 26.0 Å². The molecule has 0 unspecified atom stereocenters. The molecule has 0 aliphatic heterocycles. The van der Waals surface area contributed by atoms with E-state index in [4.69, 9.17) is 0 Å². The number of halogens is 3. The van der Waals surface area contributed by atoms with E-state index in [0.717, 1.165) is 27.6 Å². The molecular weight excluding hydrogens is 393 g/mol. The van der Waals surface area contributed by atoms with Gasteiger partial charge in [0, 0.05) is 29.1 Å². The molecule has 152 valence electrons. The van der Waals surface area contributed by atoms with E-state index in [-0.39, 0.29) is 33.5 Å². The van der Waals surface area contributed by atoms with Gasteiger partial charge >= 0.3 is 6.18 Å². The smallest absolute Gasteiger partial charge is 0.339 e. The van der Waals surface area contributed by atoms with E-state index < -0.39 is 35.5 Å². The Bertz CT molecular complexity index is 1190. The summed E-state index contributed by atoms with van der Waals surface area (Å²) in [5.41, 5.74) is -0.182. The molecule has 0 atom stereocenters. The van der Waals surface area contributed by atoms with Crippen molar-refractivity contribution < 1.29 is 22.9 Å². The van der Waals surface area contributed by atoms with Crippen molar-refractivity contribution in [1.82, 2.24) is 14.1 Å². The van der Waals surface area contributed by atoms with Crippen molar-refractivity contribution in [1.29, 1.82) is 0 Å². The Labute approximate surface area is 161 Å². The van der Waals surface area contributed by atoms with Gasteiger partial charge in [0.25, 0.3) is 11.2 Å². The van der Waals surface area contributed by atoms with E-state index >= 15 is 0 Å². The lowest BCUT2D eigenvalue weighted by Crippen LogP contribution is -2.25. The Hall–Kier alpha value is -3.50. The van der Waals surface area contributed by atoms with Gasteiger partial charge in [0.2, 0.25) is 0 Å². The Morgan fingerprint density at radius 2 is 1.93 bits per heavy atom. The molecule has 2 heterocycles. The van der Waals surface area contributed by atoms with Crippen LogP contribution in [0.25, 0.3) is 10.9 Å². The van der Waals surface area contributed by atoms with Gasteiger partial charge in [-0.1, -0.05) is 0 Å². The maximum absolute atomic E-state index is 12.7. The summed E-state index contributed by atoms with van der Waals surface area (Å²) in [6.45, 7) is 1.24. The van der Waals surface area contributed by atoms with Gasteiger partial charge in [-0.2, -0.15) is 13.2 Å². The number of alkyl halides is 3. The number of non-ortho nitro benzene ring substituents is 1. The van der Waals surface area contributed by atoms with Crippen LogP contribution >= 0.6 is 0 Å². The molecule has 2 aromatic heterocycles. The van der Waals surface area contributed by atoms with Gasteiger partial charge in [0.05, 0.1) is 28.7 Å². The molecule has 0 saturated heterocycles. The van der Waals surface area contributed by atoms with E-state index in [1.807, 2.05) is 0 Å². The number of hydrogen-bond acceptors (Lipinski definition) is 5. The van der Waals surface area contributed by atoms with Crippen LogP contribution in [0.15, 0.2) is 35.4 Å². The third-order valence-electron chi connectivity index (χ3n) is 4.55. The molecule has 8 nitrogen and oxygen atoms in total. The fraction of sp³-hybridized carbons (Fsp3) is 0.278. The lowest BCUT2D eigenvalue weighted by atomic mass is 10.1. The minimum Gasteiger partial charge on any atom is -0.339 e. The molecule has 3 aromatic rings. The molecule has 0 aliphatic rings. The second kappa shape index (κ2) is 7.15. The van der Waals surface area contributed by atoms with Gasteiger partial charge < -0.3 is 4.57 Å². The first-order valence-electron chi connectivity index (χ1n) is 8.38. The van der Waals surface area contributed by atoms with E-state index in [1.54, 1.807) is 0 Å². The zero-order valence-electron chi connectivity index (χ0n) is 15.4. The van der Waals surface area contributed by atoms with Crippen LogP contribution in [-0.2, 0) is 13.1 Å². The second-order valence-corrected chi connectivity index (χ2v) is 6.55. The number of nitrogens with zero attached hydrogens (tertiary/aromatic N) is 4. The first-order valence-corrected chi connectivity index (χ1v) is 8.38. The highest BCUT2D eigenvalue weighted by atomic mass is 19.4. The standard InChI is InChI=1S/C18H15F3N4O4/c1-10-5-14(11(2)24(10)8-18(19,20)21)16(26)7-23-9-22-15-6-12(25(28)29)3-4-13(15)17(23)27/h3-6,9H,7-8H2,1-2H3. The van der Waals surface area contributed by atoms with E-state index in [0.29, 0.717) is 0 Å². The first-order chi connectivity index (χ1) is 13.5. The quantitative estimate of drug-likeness (QED) is 0.367. The molecule has 1 aromatic carbocycles. The minimum absolute atomic E-state index is 0.0856. The largest absolute Gasteiger partial charge is 0.406 e. The highest BCUT2D eigenvalue weighted by molar-refractivity contribution is 5.97. The Morgan fingerprint density at radius 3 is 2.55 bits per heavy atom. The minimum atomic E-state index is -4.43. The van der Waals surface area contributed by atoms with Crippen molar-refractivity contribution in [3.63, 3.8) is 0 Å². The summed E-state index contributed by atoms with van der Waals surface area (Å²) in [4.78, 5) is 39.4. The number of nitro benzene ring substituents is 1. The lowest BCUT2D eigenvalue weighted by molar-refractivity contribution is -0.384. The van der Waals surface area contributed by atoms with Gasteiger partial charge in [-0.05, 0) is 26.0 Å². The maximum atomic E-state index is 12.7. The number of fused-ring (bicyclic) bond motifs is 1. The molecule has 0 aliphatic carbocycles. The monoisotopic (exact) mass is 408 g/mol. The number of nitro groups is 1. The van der Waals surface area contributed by atoms with Crippen LogP contribution in [0.2, 0.25) is 0 Å². The molecule has 0 amide bonds. The zero-order chi connectivity index (χ0) is 21.5. The maximum Gasteiger partial charge on any atom is 0.406 e. The average Bonchev–Trinajstić information content (AvgIpc) is 2.90. The topological polar surface area (TPSA) is 100 Å².